The zero-order valence-corrected chi connectivity index (χ0v) is 7.01. The van der Waals surface area contributed by atoms with E-state index in [1.807, 2.05) is 6.19 Å². The molecule has 1 N–H and O–H groups in total. The second-order valence-electron chi connectivity index (χ2n) is 3.04. The maximum absolute atomic E-state index is 8.27. The minimum absolute atomic E-state index is 0.689. The summed E-state index contributed by atoms with van der Waals surface area (Å²) in [5.41, 5.74) is 0. The van der Waals surface area contributed by atoms with Crippen molar-refractivity contribution in [2.45, 2.75) is 13.3 Å². The minimum Gasteiger partial charge on any atom is -0.324 e. The van der Waals surface area contributed by atoms with Crippen LogP contribution in [0.15, 0.2) is 0 Å². The Labute approximate surface area is 68.0 Å². The zero-order chi connectivity index (χ0) is 8.10. The third-order valence-electron chi connectivity index (χ3n) is 2.29. The minimum atomic E-state index is 0.689. The maximum atomic E-state index is 8.27. The Morgan fingerprint density at radius 3 is 3.09 bits per heavy atom. The molecule has 1 aliphatic rings. The standard InChI is InChI=1S/C8H15N3/c1-2-11-4-3-8(6-11)5-10-7-9/h8,10H,2-6H2,1H3. The fraction of sp³-hybridized carbons (Fsp3) is 0.875. The van der Waals surface area contributed by atoms with E-state index in [0.717, 1.165) is 19.6 Å². The molecule has 1 rings (SSSR count). The van der Waals surface area contributed by atoms with E-state index in [-0.39, 0.29) is 0 Å². The molecule has 11 heavy (non-hydrogen) atoms. The summed E-state index contributed by atoms with van der Waals surface area (Å²) in [5.74, 6) is 0.689. The van der Waals surface area contributed by atoms with E-state index in [2.05, 4.69) is 17.1 Å². The average Bonchev–Trinajstić information content (AvgIpc) is 2.48. The van der Waals surface area contributed by atoms with Crippen molar-refractivity contribution in [3.63, 3.8) is 0 Å². The summed E-state index contributed by atoms with van der Waals surface area (Å²) in [7, 11) is 0. The molecule has 1 atom stereocenters. The Morgan fingerprint density at radius 1 is 1.73 bits per heavy atom. The average molecular weight is 153 g/mol. The summed E-state index contributed by atoms with van der Waals surface area (Å²) in [4.78, 5) is 2.42. The van der Waals surface area contributed by atoms with Crippen LogP contribution in [0.2, 0.25) is 0 Å². The van der Waals surface area contributed by atoms with Crippen LogP contribution in [0, 0.1) is 17.4 Å². The normalized spacial score (nSPS) is 24.9. The summed E-state index contributed by atoms with van der Waals surface area (Å²) >= 11 is 0. The van der Waals surface area contributed by atoms with Crippen molar-refractivity contribution >= 4 is 0 Å². The predicted molar refractivity (Wildman–Crippen MR) is 43.8 cm³/mol. The fourth-order valence-corrected chi connectivity index (χ4v) is 1.56. The van der Waals surface area contributed by atoms with Crippen LogP contribution >= 0.6 is 0 Å². The quantitative estimate of drug-likeness (QED) is 0.471. The second kappa shape index (κ2) is 4.20. The second-order valence-corrected chi connectivity index (χ2v) is 3.04. The number of nitrogens with one attached hydrogen (secondary N) is 1. The first-order valence-electron chi connectivity index (χ1n) is 4.21. The fourth-order valence-electron chi connectivity index (χ4n) is 1.56. The maximum Gasteiger partial charge on any atom is 0.176 e. The SMILES string of the molecule is CCN1CCC(CNC#N)C1. The lowest BCUT2D eigenvalue weighted by Gasteiger charge is -2.11. The predicted octanol–water partition coefficient (Wildman–Crippen LogP) is 0.399. The molecule has 3 nitrogen and oxygen atoms in total. The Morgan fingerprint density at radius 2 is 2.55 bits per heavy atom. The molecule has 1 saturated heterocycles. The Kier molecular flexibility index (Phi) is 3.18. The number of likely N-dealkylation sites (tertiary alicyclic amines) is 1. The van der Waals surface area contributed by atoms with Crippen molar-refractivity contribution in [1.29, 1.82) is 5.26 Å². The van der Waals surface area contributed by atoms with Gasteiger partial charge in [0.05, 0.1) is 0 Å². The molecule has 0 aromatic heterocycles. The molecule has 1 fully saturated rings. The number of hydrogen-bond acceptors (Lipinski definition) is 3. The lowest BCUT2D eigenvalue weighted by molar-refractivity contribution is 0.341. The third kappa shape index (κ3) is 2.39. The Hall–Kier alpha value is -0.750. The highest BCUT2D eigenvalue weighted by atomic mass is 15.1. The van der Waals surface area contributed by atoms with Crippen LogP contribution in [0.1, 0.15) is 13.3 Å². The summed E-state index contributed by atoms with van der Waals surface area (Å²) < 4.78 is 0. The van der Waals surface area contributed by atoms with Crippen molar-refractivity contribution in [3.05, 3.63) is 0 Å². The van der Waals surface area contributed by atoms with Crippen LogP contribution in [0.5, 0.6) is 0 Å². The van der Waals surface area contributed by atoms with E-state index in [1.165, 1.54) is 13.0 Å². The molecule has 1 unspecified atom stereocenters. The molecule has 0 saturated carbocycles. The van der Waals surface area contributed by atoms with Gasteiger partial charge in [-0.25, -0.2) is 0 Å². The Balaban J connectivity index is 2.15. The van der Waals surface area contributed by atoms with Gasteiger partial charge in [0.1, 0.15) is 0 Å². The molecule has 0 aliphatic carbocycles. The lowest BCUT2D eigenvalue weighted by Crippen LogP contribution is -2.24. The Bertz CT molecular complexity index is 150. The molecule has 0 aromatic rings. The highest BCUT2D eigenvalue weighted by Gasteiger charge is 2.20. The first-order valence-corrected chi connectivity index (χ1v) is 4.21. The van der Waals surface area contributed by atoms with Gasteiger partial charge in [-0.2, -0.15) is 5.26 Å². The summed E-state index contributed by atoms with van der Waals surface area (Å²) in [5, 5.41) is 11.0. The first-order chi connectivity index (χ1) is 5.36. The van der Waals surface area contributed by atoms with Gasteiger partial charge in [0.15, 0.2) is 6.19 Å². The van der Waals surface area contributed by atoms with Crippen LogP contribution < -0.4 is 5.32 Å². The topological polar surface area (TPSA) is 39.1 Å². The molecule has 1 aliphatic heterocycles. The molecule has 0 aromatic carbocycles. The van der Waals surface area contributed by atoms with Gasteiger partial charge in [-0.1, -0.05) is 6.92 Å². The zero-order valence-electron chi connectivity index (χ0n) is 7.01. The largest absolute Gasteiger partial charge is 0.324 e. The molecule has 0 spiro atoms. The van der Waals surface area contributed by atoms with Crippen molar-refractivity contribution in [3.8, 4) is 6.19 Å². The monoisotopic (exact) mass is 153 g/mol. The number of nitrogens with zero attached hydrogens (tertiary/aromatic N) is 2. The highest BCUT2D eigenvalue weighted by molar-refractivity contribution is 4.78. The van der Waals surface area contributed by atoms with E-state index in [4.69, 9.17) is 5.26 Å². The van der Waals surface area contributed by atoms with Crippen molar-refractivity contribution in [2.24, 2.45) is 5.92 Å². The van der Waals surface area contributed by atoms with Crippen LogP contribution in [0.4, 0.5) is 0 Å². The highest BCUT2D eigenvalue weighted by Crippen LogP contribution is 2.13. The number of nitriles is 1. The molecule has 1 heterocycles. The van der Waals surface area contributed by atoms with E-state index in [1.54, 1.807) is 0 Å². The van der Waals surface area contributed by atoms with Gasteiger partial charge < -0.3 is 10.2 Å². The van der Waals surface area contributed by atoms with E-state index in [9.17, 15) is 0 Å². The van der Waals surface area contributed by atoms with Gasteiger partial charge in [0.25, 0.3) is 0 Å². The van der Waals surface area contributed by atoms with Crippen LogP contribution in [0.3, 0.4) is 0 Å². The van der Waals surface area contributed by atoms with Crippen molar-refractivity contribution in [2.75, 3.05) is 26.2 Å². The smallest absolute Gasteiger partial charge is 0.176 e. The van der Waals surface area contributed by atoms with Crippen LogP contribution in [0.25, 0.3) is 0 Å². The number of rotatable bonds is 3. The van der Waals surface area contributed by atoms with Crippen molar-refractivity contribution < 1.29 is 0 Å². The van der Waals surface area contributed by atoms with Gasteiger partial charge >= 0.3 is 0 Å². The first kappa shape index (κ1) is 8.35. The van der Waals surface area contributed by atoms with E-state index >= 15 is 0 Å². The van der Waals surface area contributed by atoms with Gasteiger partial charge in [0.2, 0.25) is 0 Å². The van der Waals surface area contributed by atoms with Crippen LogP contribution in [-0.4, -0.2) is 31.1 Å². The summed E-state index contributed by atoms with van der Waals surface area (Å²) in [6.45, 7) is 6.54. The van der Waals surface area contributed by atoms with Gasteiger partial charge in [-0.15, -0.1) is 0 Å². The molecule has 0 radical (unpaired) electrons. The third-order valence-corrected chi connectivity index (χ3v) is 2.29. The molecular formula is C8H15N3. The van der Waals surface area contributed by atoms with Crippen LogP contribution in [-0.2, 0) is 0 Å². The lowest BCUT2D eigenvalue weighted by atomic mass is 10.1. The molecule has 0 amide bonds. The molecule has 3 heteroatoms. The summed E-state index contributed by atoms with van der Waals surface area (Å²) in [6, 6.07) is 0. The summed E-state index contributed by atoms with van der Waals surface area (Å²) in [6.07, 6.45) is 3.20. The van der Waals surface area contributed by atoms with Gasteiger partial charge in [-0.3, -0.25) is 0 Å². The molecule has 62 valence electrons. The van der Waals surface area contributed by atoms with Crippen molar-refractivity contribution in [1.82, 2.24) is 10.2 Å². The van der Waals surface area contributed by atoms with Gasteiger partial charge in [-0.05, 0) is 25.4 Å². The van der Waals surface area contributed by atoms with Gasteiger partial charge in [0, 0.05) is 13.1 Å². The van der Waals surface area contributed by atoms with E-state index < -0.39 is 0 Å². The molecule has 0 bridgehead atoms. The number of hydrogen-bond donors (Lipinski definition) is 1. The molecular weight excluding hydrogens is 138 g/mol. The van der Waals surface area contributed by atoms with E-state index in [0.29, 0.717) is 5.92 Å².